The van der Waals surface area contributed by atoms with Crippen molar-refractivity contribution in [3.63, 3.8) is 0 Å². The van der Waals surface area contributed by atoms with Crippen molar-refractivity contribution in [2.45, 2.75) is 19.5 Å². The predicted octanol–water partition coefficient (Wildman–Crippen LogP) is 0.972. The van der Waals surface area contributed by atoms with Gasteiger partial charge in [0.2, 0.25) is 0 Å². The first kappa shape index (κ1) is 9.54. The van der Waals surface area contributed by atoms with Crippen LogP contribution in [0.5, 0.6) is 0 Å². The van der Waals surface area contributed by atoms with Crippen LogP contribution in [0, 0.1) is 0 Å². The molecule has 3 heterocycles. The molecule has 0 saturated heterocycles. The molecule has 0 amide bonds. The second kappa shape index (κ2) is 4.06. The zero-order valence-corrected chi connectivity index (χ0v) is 9.06. The number of hydrogen-bond donors (Lipinski definition) is 1. The van der Waals surface area contributed by atoms with E-state index in [9.17, 15) is 0 Å². The molecule has 0 saturated carbocycles. The summed E-state index contributed by atoms with van der Waals surface area (Å²) in [5.74, 6) is 1.14. The average molecular weight is 214 g/mol. The minimum Gasteiger partial charge on any atom is -0.329 e. The Morgan fingerprint density at radius 2 is 2.38 bits per heavy atom. The summed E-state index contributed by atoms with van der Waals surface area (Å²) in [4.78, 5) is 8.57. The molecule has 0 unspecified atom stereocenters. The van der Waals surface area contributed by atoms with Crippen LogP contribution in [0.25, 0.3) is 0 Å². The molecular weight excluding hydrogens is 200 g/mol. The number of fused-ring (bicyclic) bond motifs is 1. The molecular formula is C12H14N4. The standard InChI is InChI=1S/C12H14N4/c1-2-10(7-13-3-1)6-11-8-15-12-9-14-4-5-16(11)12/h1-3,7-8,14H,4-6,9H2. The van der Waals surface area contributed by atoms with Crippen LogP contribution in [-0.2, 0) is 19.5 Å². The van der Waals surface area contributed by atoms with E-state index in [-0.39, 0.29) is 0 Å². The quantitative estimate of drug-likeness (QED) is 0.810. The van der Waals surface area contributed by atoms with E-state index in [2.05, 4.69) is 25.9 Å². The zero-order chi connectivity index (χ0) is 10.8. The van der Waals surface area contributed by atoms with E-state index in [1.165, 1.54) is 11.3 Å². The van der Waals surface area contributed by atoms with Gasteiger partial charge in [0.05, 0.1) is 6.54 Å². The molecule has 2 aromatic heterocycles. The lowest BCUT2D eigenvalue weighted by Gasteiger charge is -2.17. The van der Waals surface area contributed by atoms with Crippen molar-refractivity contribution in [2.24, 2.45) is 0 Å². The molecule has 16 heavy (non-hydrogen) atoms. The number of pyridine rings is 1. The van der Waals surface area contributed by atoms with E-state index < -0.39 is 0 Å². The molecule has 4 heteroatoms. The summed E-state index contributed by atoms with van der Waals surface area (Å²) in [6, 6.07) is 4.08. The first-order valence-corrected chi connectivity index (χ1v) is 5.56. The lowest BCUT2D eigenvalue weighted by Crippen LogP contribution is -2.29. The van der Waals surface area contributed by atoms with Gasteiger partial charge in [-0.25, -0.2) is 4.98 Å². The highest BCUT2D eigenvalue weighted by atomic mass is 15.2. The zero-order valence-electron chi connectivity index (χ0n) is 9.06. The van der Waals surface area contributed by atoms with Crippen molar-refractivity contribution < 1.29 is 0 Å². The van der Waals surface area contributed by atoms with Gasteiger partial charge in [-0.1, -0.05) is 6.07 Å². The van der Waals surface area contributed by atoms with Crippen molar-refractivity contribution in [3.8, 4) is 0 Å². The summed E-state index contributed by atoms with van der Waals surface area (Å²) in [5, 5.41) is 3.32. The molecule has 4 nitrogen and oxygen atoms in total. The van der Waals surface area contributed by atoms with E-state index in [0.717, 1.165) is 31.9 Å². The molecule has 0 fully saturated rings. The summed E-state index contributed by atoms with van der Waals surface area (Å²) in [5.41, 5.74) is 2.52. The highest BCUT2D eigenvalue weighted by Crippen LogP contribution is 2.12. The largest absolute Gasteiger partial charge is 0.329 e. The summed E-state index contributed by atoms with van der Waals surface area (Å²) in [6.07, 6.45) is 6.62. The number of rotatable bonds is 2. The smallest absolute Gasteiger partial charge is 0.122 e. The molecule has 3 rings (SSSR count). The minimum atomic E-state index is 0.882. The number of nitrogens with zero attached hydrogens (tertiary/aromatic N) is 3. The first-order valence-electron chi connectivity index (χ1n) is 5.56. The van der Waals surface area contributed by atoms with Crippen LogP contribution in [0.15, 0.2) is 30.7 Å². The lowest BCUT2D eigenvalue weighted by atomic mass is 10.1. The summed E-state index contributed by atoms with van der Waals surface area (Å²) < 4.78 is 2.31. The van der Waals surface area contributed by atoms with Gasteiger partial charge < -0.3 is 9.88 Å². The number of nitrogens with one attached hydrogen (secondary N) is 1. The van der Waals surface area contributed by atoms with Gasteiger partial charge >= 0.3 is 0 Å². The Kier molecular flexibility index (Phi) is 2.42. The van der Waals surface area contributed by atoms with Gasteiger partial charge in [0, 0.05) is 43.8 Å². The van der Waals surface area contributed by atoms with E-state index in [1.54, 1.807) is 6.20 Å². The second-order valence-electron chi connectivity index (χ2n) is 4.03. The van der Waals surface area contributed by atoms with Gasteiger partial charge in [-0.2, -0.15) is 0 Å². The molecule has 0 aliphatic carbocycles. The van der Waals surface area contributed by atoms with E-state index in [0.29, 0.717) is 0 Å². The Balaban J connectivity index is 1.88. The molecule has 82 valence electrons. The molecule has 0 atom stereocenters. The van der Waals surface area contributed by atoms with Crippen LogP contribution in [0.4, 0.5) is 0 Å². The minimum absolute atomic E-state index is 0.882. The van der Waals surface area contributed by atoms with Crippen LogP contribution >= 0.6 is 0 Å². The van der Waals surface area contributed by atoms with Crippen molar-refractivity contribution in [1.82, 2.24) is 19.9 Å². The Labute approximate surface area is 94.4 Å². The van der Waals surface area contributed by atoms with E-state index >= 15 is 0 Å². The summed E-state index contributed by atoms with van der Waals surface area (Å²) >= 11 is 0. The van der Waals surface area contributed by atoms with Crippen LogP contribution in [0.2, 0.25) is 0 Å². The fourth-order valence-electron chi connectivity index (χ4n) is 2.11. The topological polar surface area (TPSA) is 42.7 Å². The Morgan fingerprint density at radius 1 is 1.38 bits per heavy atom. The fourth-order valence-corrected chi connectivity index (χ4v) is 2.11. The van der Waals surface area contributed by atoms with Crippen molar-refractivity contribution in [2.75, 3.05) is 6.54 Å². The second-order valence-corrected chi connectivity index (χ2v) is 4.03. The molecule has 1 aliphatic heterocycles. The van der Waals surface area contributed by atoms with E-state index in [4.69, 9.17) is 0 Å². The van der Waals surface area contributed by atoms with Crippen molar-refractivity contribution in [1.29, 1.82) is 0 Å². The molecule has 0 bridgehead atoms. The fraction of sp³-hybridized carbons (Fsp3) is 0.333. The molecule has 0 spiro atoms. The van der Waals surface area contributed by atoms with Gasteiger partial charge in [-0.05, 0) is 11.6 Å². The summed E-state index contributed by atoms with van der Waals surface area (Å²) in [7, 11) is 0. The first-order chi connectivity index (χ1) is 7.93. The molecule has 2 aromatic rings. The molecule has 1 aliphatic rings. The Morgan fingerprint density at radius 3 is 3.25 bits per heavy atom. The molecule has 0 aromatic carbocycles. The lowest BCUT2D eigenvalue weighted by molar-refractivity contribution is 0.496. The summed E-state index contributed by atoms with van der Waals surface area (Å²) in [6.45, 7) is 2.93. The maximum absolute atomic E-state index is 4.43. The monoisotopic (exact) mass is 214 g/mol. The predicted molar refractivity (Wildman–Crippen MR) is 61.0 cm³/mol. The number of hydrogen-bond acceptors (Lipinski definition) is 3. The maximum atomic E-state index is 4.43. The van der Waals surface area contributed by atoms with Crippen LogP contribution in [0.1, 0.15) is 17.1 Å². The Hall–Kier alpha value is -1.68. The van der Waals surface area contributed by atoms with Crippen LogP contribution < -0.4 is 5.32 Å². The third-order valence-corrected chi connectivity index (χ3v) is 2.92. The highest BCUT2D eigenvalue weighted by molar-refractivity contribution is 5.19. The van der Waals surface area contributed by atoms with Gasteiger partial charge in [-0.15, -0.1) is 0 Å². The number of imidazole rings is 1. The normalized spacial score (nSPS) is 14.8. The maximum Gasteiger partial charge on any atom is 0.122 e. The number of aromatic nitrogens is 3. The van der Waals surface area contributed by atoms with Gasteiger partial charge in [-0.3, -0.25) is 4.98 Å². The third-order valence-electron chi connectivity index (χ3n) is 2.92. The highest BCUT2D eigenvalue weighted by Gasteiger charge is 2.13. The average Bonchev–Trinajstić information content (AvgIpc) is 2.74. The Bertz CT molecular complexity index is 475. The molecule has 0 radical (unpaired) electrons. The van der Waals surface area contributed by atoms with Crippen LogP contribution in [-0.4, -0.2) is 21.1 Å². The van der Waals surface area contributed by atoms with E-state index in [1.807, 2.05) is 18.5 Å². The molecule has 1 N–H and O–H groups in total. The van der Waals surface area contributed by atoms with Crippen molar-refractivity contribution >= 4 is 0 Å². The van der Waals surface area contributed by atoms with Crippen LogP contribution in [0.3, 0.4) is 0 Å². The van der Waals surface area contributed by atoms with Crippen molar-refractivity contribution in [3.05, 3.63) is 47.8 Å². The van der Waals surface area contributed by atoms with Gasteiger partial charge in [0.15, 0.2) is 0 Å². The van der Waals surface area contributed by atoms with Gasteiger partial charge in [0.1, 0.15) is 5.82 Å². The SMILES string of the molecule is c1cncc(Cc2cnc3n2CCNC3)c1. The third kappa shape index (κ3) is 1.72. The van der Waals surface area contributed by atoms with Gasteiger partial charge in [0.25, 0.3) is 0 Å².